The number of halogens is 1. The second-order valence-electron chi connectivity index (χ2n) is 9.84. The SMILES string of the molecule is CC(=O)NC[C@H]1CN(c2ccc(-c3cnc(N4CCN(C(=O)COCc5ccccc5)CC4)nc3)c(F)c2)C(=O)O1. The highest BCUT2D eigenvalue weighted by Gasteiger charge is 2.33. The molecule has 5 rings (SSSR count). The Morgan fingerprint density at radius 2 is 1.80 bits per heavy atom. The molecule has 0 aliphatic carbocycles. The van der Waals surface area contributed by atoms with Gasteiger partial charge in [0.05, 0.1) is 25.4 Å². The quantitative estimate of drug-likeness (QED) is 0.423. The lowest BCUT2D eigenvalue weighted by Gasteiger charge is -2.34. The molecule has 1 N–H and O–H groups in total. The molecule has 3 amide bonds. The first kappa shape index (κ1) is 28.0. The number of carbonyl (C=O) groups excluding carboxylic acids is 3. The van der Waals surface area contributed by atoms with Crippen molar-refractivity contribution in [2.24, 2.45) is 0 Å². The molecule has 214 valence electrons. The number of benzene rings is 2. The molecule has 0 radical (unpaired) electrons. The van der Waals surface area contributed by atoms with E-state index < -0.39 is 18.0 Å². The van der Waals surface area contributed by atoms with Crippen molar-refractivity contribution in [3.8, 4) is 11.1 Å². The van der Waals surface area contributed by atoms with Crippen LogP contribution in [0, 0.1) is 5.82 Å². The number of amides is 3. The van der Waals surface area contributed by atoms with Gasteiger partial charge in [0.2, 0.25) is 17.8 Å². The summed E-state index contributed by atoms with van der Waals surface area (Å²) in [5.74, 6) is -0.302. The van der Waals surface area contributed by atoms with Crippen molar-refractivity contribution in [1.29, 1.82) is 0 Å². The van der Waals surface area contributed by atoms with Crippen LogP contribution in [0.3, 0.4) is 0 Å². The zero-order valence-corrected chi connectivity index (χ0v) is 22.7. The molecule has 0 unspecified atom stereocenters. The van der Waals surface area contributed by atoms with Crippen LogP contribution in [0.1, 0.15) is 12.5 Å². The van der Waals surface area contributed by atoms with Gasteiger partial charge in [0.1, 0.15) is 18.5 Å². The number of hydrogen-bond donors (Lipinski definition) is 1. The van der Waals surface area contributed by atoms with Crippen LogP contribution in [0.4, 0.5) is 20.8 Å². The number of cyclic esters (lactones) is 1. The molecule has 1 aromatic heterocycles. The van der Waals surface area contributed by atoms with E-state index in [-0.39, 0.29) is 31.5 Å². The average molecular weight is 563 g/mol. The minimum atomic E-state index is -0.596. The molecule has 2 fully saturated rings. The Kier molecular flexibility index (Phi) is 8.68. The lowest BCUT2D eigenvalue weighted by Crippen LogP contribution is -2.50. The lowest BCUT2D eigenvalue weighted by molar-refractivity contribution is -0.136. The topological polar surface area (TPSA) is 117 Å². The molecule has 0 bridgehead atoms. The maximum atomic E-state index is 15.1. The molecule has 41 heavy (non-hydrogen) atoms. The molecule has 12 heteroatoms. The number of anilines is 2. The number of nitrogens with zero attached hydrogens (tertiary/aromatic N) is 5. The maximum absolute atomic E-state index is 15.1. The Balaban J connectivity index is 1.13. The Hall–Kier alpha value is -4.58. The largest absolute Gasteiger partial charge is 0.442 e. The van der Waals surface area contributed by atoms with Crippen LogP contribution >= 0.6 is 0 Å². The Bertz CT molecular complexity index is 1380. The van der Waals surface area contributed by atoms with Gasteiger partial charge >= 0.3 is 6.09 Å². The fourth-order valence-electron chi connectivity index (χ4n) is 4.70. The van der Waals surface area contributed by atoms with Crippen LogP contribution in [0.2, 0.25) is 0 Å². The molecule has 2 aliphatic heterocycles. The van der Waals surface area contributed by atoms with Gasteiger partial charge < -0.3 is 24.6 Å². The summed E-state index contributed by atoms with van der Waals surface area (Å²) < 4.78 is 25.9. The Morgan fingerprint density at radius 3 is 2.49 bits per heavy atom. The summed E-state index contributed by atoms with van der Waals surface area (Å²) in [5.41, 5.74) is 2.17. The van der Waals surface area contributed by atoms with Gasteiger partial charge in [-0.2, -0.15) is 0 Å². The van der Waals surface area contributed by atoms with Crippen LogP contribution in [0.25, 0.3) is 11.1 Å². The molecule has 3 heterocycles. The molecule has 3 aromatic rings. The van der Waals surface area contributed by atoms with Crippen LogP contribution in [0.15, 0.2) is 60.9 Å². The van der Waals surface area contributed by atoms with Gasteiger partial charge in [0, 0.05) is 56.6 Å². The van der Waals surface area contributed by atoms with Gasteiger partial charge in [0.25, 0.3) is 0 Å². The van der Waals surface area contributed by atoms with E-state index in [1.165, 1.54) is 17.9 Å². The van der Waals surface area contributed by atoms with E-state index in [0.29, 0.717) is 55.5 Å². The Labute approximate surface area is 236 Å². The maximum Gasteiger partial charge on any atom is 0.414 e. The number of aromatic nitrogens is 2. The van der Waals surface area contributed by atoms with E-state index in [9.17, 15) is 14.4 Å². The highest BCUT2D eigenvalue weighted by Crippen LogP contribution is 2.29. The zero-order chi connectivity index (χ0) is 28.8. The average Bonchev–Trinajstić information content (AvgIpc) is 3.37. The first-order chi connectivity index (χ1) is 19.9. The molecule has 0 spiro atoms. The summed E-state index contributed by atoms with van der Waals surface area (Å²) in [6.45, 7) is 4.39. The number of rotatable bonds is 9. The summed E-state index contributed by atoms with van der Waals surface area (Å²) in [4.78, 5) is 49.9. The first-order valence-corrected chi connectivity index (χ1v) is 13.4. The summed E-state index contributed by atoms with van der Waals surface area (Å²) >= 11 is 0. The first-order valence-electron chi connectivity index (χ1n) is 13.4. The summed E-state index contributed by atoms with van der Waals surface area (Å²) in [7, 11) is 0. The summed E-state index contributed by atoms with van der Waals surface area (Å²) in [5, 5.41) is 2.61. The van der Waals surface area contributed by atoms with Crippen molar-refractivity contribution in [3.63, 3.8) is 0 Å². The summed E-state index contributed by atoms with van der Waals surface area (Å²) in [6.07, 6.45) is 2.01. The van der Waals surface area contributed by atoms with Crippen molar-refractivity contribution in [1.82, 2.24) is 20.2 Å². The van der Waals surface area contributed by atoms with Gasteiger partial charge in [-0.1, -0.05) is 30.3 Å². The molecular weight excluding hydrogens is 531 g/mol. The third-order valence-corrected chi connectivity index (χ3v) is 6.92. The van der Waals surface area contributed by atoms with Gasteiger partial charge in [-0.05, 0) is 23.8 Å². The fraction of sp³-hybridized carbons (Fsp3) is 0.345. The second kappa shape index (κ2) is 12.7. The minimum absolute atomic E-state index is 0.0288. The number of carbonyl (C=O) groups is 3. The molecular formula is C29H31FN6O5. The van der Waals surface area contributed by atoms with Crippen LogP contribution in [-0.2, 0) is 25.7 Å². The lowest BCUT2D eigenvalue weighted by atomic mass is 10.1. The molecule has 0 saturated carbocycles. The molecule has 2 aromatic carbocycles. The number of nitrogens with one attached hydrogen (secondary N) is 1. The third-order valence-electron chi connectivity index (χ3n) is 6.92. The van der Waals surface area contributed by atoms with E-state index >= 15 is 4.39 Å². The monoisotopic (exact) mass is 562 g/mol. The van der Waals surface area contributed by atoms with Crippen molar-refractivity contribution in [2.75, 3.05) is 55.7 Å². The minimum Gasteiger partial charge on any atom is -0.442 e. The van der Waals surface area contributed by atoms with Crippen LogP contribution in [0.5, 0.6) is 0 Å². The van der Waals surface area contributed by atoms with Crippen molar-refractivity contribution < 1.29 is 28.2 Å². The van der Waals surface area contributed by atoms with Gasteiger partial charge in [-0.15, -0.1) is 0 Å². The van der Waals surface area contributed by atoms with E-state index in [1.807, 2.05) is 35.2 Å². The number of hydrogen-bond acceptors (Lipinski definition) is 8. The van der Waals surface area contributed by atoms with Gasteiger partial charge in [-0.3, -0.25) is 14.5 Å². The van der Waals surface area contributed by atoms with E-state index in [1.54, 1.807) is 29.4 Å². The van der Waals surface area contributed by atoms with Crippen molar-refractivity contribution in [2.45, 2.75) is 19.6 Å². The van der Waals surface area contributed by atoms with E-state index in [2.05, 4.69) is 15.3 Å². The normalized spacial score (nSPS) is 17.0. The standard InChI is InChI=1S/C29H31FN6O5/c1-20(37)31-16-24-17-36(29(39)41-24)23-7-8-25(26(30)13-23)22-14-32-28(33-15-22)35-11-9-34(10-12-35)27(38)19-40-18-21-5-3-2-4-6-21/h2-8,13-15,24H,9-12,16-19H2,1H3,(H,31,37)/t24-/m0/s1. The molecule has 2 saturated heterocycles. The Morgan fingerprint density at radius 1 is 1.07 bits per heavy atom. The molecule has 11 nitrogen and oxygen atoms in total. The summed E-state index contributed by atoms with van der Waals surface area (Å²) in [6, 6.07) is 14.2. The molecule has 2 aliphatic rings. The van der Waals surface area contributed by atoms with Gasteiger partial charge in [0.15, 0.2) is 0 Å². The highest BCUT2D eigenvalue weighted by atomic mass is 19.1. The second-order valence-corrected chi connectivity index (χ2v) is 9.84. The predicted molar refractivity (Wildman–Crippen MR) is 149 cm³/mol. The predicted octanol–water partition coefficient (Wildman–Crippen LogP) is 2.61. The van der Waals surface area contributed by atoms with Crippen molar-refractivity contribution >= 4 is 29.5 Å². The number of piperazine rings is 1. The highest BCUT2D eigenvalue weighted by molar-refractivity contribution is 5.90. The smallest absolute Gasteiger partial charge is 0.414 e. The fourth-order valence-corrected chi connectivity index (χ4v) is 4.70. The molecule has 1 atom stereocenters. The van der Waals surface area contributed by atoms with E-state index in [0.717, 1.165) is 5.56 Å². The van der Waals surface area contributed by atoms with Crippen LogP contribution in [-0.4, -0.2) is 84.8 Å². The van der Waals surface area contributed by atoms with Crippen molar-refractivity contribution in [3.05, 3.63) is 72.3 Å². The van der Waals surface area contributed by atoms with Crippen LogP contribution < -0.4 is 15.1 Å². The number of ether oxygens (including phenoxy) is 2. The van der Waals surface area contributed by atoms with Gasteiger partial charge in [-0.25, -0.2) is 19.2 Å². The third kappa shape index (κ3) is 6.95. The zero-order valence-electron chi connectivity index (χ0n) is 22.7. The van der Waals surface area contributed by atoms with E-state index in [4.69, 9.17) is 9.47 Å².